The number of carbonyl (C=O) groups excluding carboxylic acids is 1. The van der Waals surface area contributed by atoms with Crippen LogP contribution in [-0.2, 0) is 4.79 Å². The Kier molecular flexibility index (Phi) is 0.831. The van der Waals surface area contributed by atoms with Crippen LogP contribution in [0.25, 0.3) is 0 Å². The fourth-order valence-electron chi connectivity index (χ4n) is 0.878. The maximum absolute atomic E-state index is 10.8. The van der Waals surface area contributed by atoms with Crippen molar-refractivity contribution in [3.8, 4) is 0 Å². The lowest BCUT2D eigenvalue weighted by atomic mass is 10.5. The smallest absolute Gasteiger partial charge is 0.267 e. The second-order valence-electron chi connectivity index (χ2n) is 2.36. The summed E-state index contributed by atoms with van der Waals surface area (Å²) in [6.07, 6.45) is 2.20. The van der Waals surface area contributed by atoms with Crippen molar-refractivity contribution in [2.45, 2.75) is 18.9 Å². The zero-order valence-electron chi connectivity index (χ0n) is 4.95. The summed E-state index contributed by atoms with van der Waals surface area (Å²) >= 11 is 0. The van der Waals surface area contributed by atoms with E-state index in [4.69, 9.17) is 0 Å². The molecule has 2 aliphatic rings. The van der Waals surface area contributed by atoms with Crippen LogP contribution in [0.5, 0.6) is 0 Å². The van der Waals surface area contributed by atoms with Crippen LogP contribution in [0.1, 0.15) is 12.8 Å². The molecule has 0 unspecified atom stereocenters. The maximum atomic E-state index is 10.8. The van der Waals surface area contributed by atoms with Gasteiger partial charge in [0, 0.05) is 0 Å². The van der Waals surface area contributed by atoms with Gasteiger partial charge in [0.1, 0.15) is 6.54 Å². The number of hydrogen-bond acceptors (Lipinski definition) is 3. The monoisotopic (exact) mass is 125 g/mol. The lowest BCUT2D eigenvalue weighted by molar-refractivity contribution is -0.128. The number of rotatable bonds is 1. The van der Waals surface area contributed by atoms with Crippen molar-refractivity contribution < 1.29 is 4.79 Å². The zero-order chi connectivity index (χ0) is 6.27. The molecule has 1 aliphatic heterocycles. The van der Waals surface area contributed by atoms with Gasteiger partial charge in [-0.25, -0.2) is 5.01 Å². The largest absolute Gasteiger partial charge is 0.271 e. The molecule has 1 heterocycles. The Hall–Kier alpha value is -0.930. The van der Waals surface area contributed by atoms with Gasteiger partial charge < -0.3 is 0 Å². The highest BCUT2D eigenvalue weighted by molar-refractivity contribution is 5.79. The van der Waals surface area contributed by atoms with Gasteiger partial charge in [-0.3, -0.25) is 4.79 Å². The molecule has 0 saturated heterocycles. The van der Waals surface area contributed by atoms with Gasteiger partial charge in [-0.15, -0.1) is 0 Å². The summed E-state index contributed by atoms with van der Waals surface area (Å²) in [6, 6.07) is 0.392. The molecule has 0 N–H and O–H groups in total. The van der Waals surface area contributed by atoms with E-state index in [0.29, 0.717) is 6.04 Å². The highest BCUT2D eigenvalue weighted by Crippen LogP contribution is 2.28. The van der Waals surface area contributed by atoms with Crippen LogP contribution in [0.15, 0.2) is 10.3 Å². The molecule has 9 heavy (non-hydrogen) atoms. The van der Waals surface area contributed by atoms with E-state index in [2.05, 4.69) is 10.3 Å². The summed E-state index contributed by atoms with van der Waals surface area (Å²) in [4.78, 5) is 10.8. The fourth-order valence-corrected chi connectivity index (χ4v) is 0.878. The lowest BCUT2D eigenvalue weighted by Gasteiger charge is -2.05. The molecule has 0 bridgehead atoms. The Morgan fingerprint density at radius 3 is 2.78 bits per heavy atom. The van der Waals surface area contributed by atoms with Crippen molar-refractivity contribution in [2.75, 3.05) is 6.54 Å². The summed E-state index contributed by atoms with van der Waals surface area (Å²) in [7, 11) is 0. The molecule has 0 spiro atoms. The molecule has 48 valence electrons. The highest BCUT2D eigenvalue weighted by Gasteiger charge is 2.35. The number of nitrogens with zero attached hydrogens (tertiary/aromatic N) is 3. The molecule has 1 saturated carbocycles. The number of carbonyl (C=O) groups is 1. The summed E-state index contributed by atoms with van der Waals surface area (Å²) < 4.78 is 0. The van der Waals surface area contributed by atoms with E-state index in [-0.39, 0.29) is 12.5 Å². The number of amides is 1. The Morgan fingerprint density at radius 1 is 1.56 bits per heavy atom. The first-order valence-electron chi connectivity index (χ1n) is 3.07. The van der Waals surface area contributed by atoms with Gasteiger partial charge in [-0.2, -0.15) is 5.11 Å². The number of hydrogen-bond donors (Lipinski definition) is 0. The average Bonchev–Trinajstić information content (AvgIpc) is 2.58. The first kappa shape index (κ1) is 4.90. The van der Waals surface area contributed by atoms with Crippen LogP contribution in [0.3, 0.4) is 0 Å². The third-order valence-electron chi connectivity index (χ3n) is 1.51. The third kappa shape index (κ3) is 0.704. The standard InChI is InChI=1S/C5H7N3O/c9-5-3-6-7-8(5)4-1-2-4/h4H,1-3H2. The maximum Gasteiger partial charge on any atom is 0.267 e. The Labute approximate surface area is 52.5 Å². The van der Waals surface area contributed by atoms with Gasteiger partial charge in [0.05, 0.1) is 6.04 Å². The van der Waals surface area contributed by atoms with Crippen molar-refractivity contribution in [2.24, 2.45) is 10.3 Å². The van der Waals surface area contributed by atoms with E-state index < -0.39 is 0 Å². The minimum atomic E-state index is 0.0532. The molecule has 0 aromatic carbocycles. The van der Waals surface area contributed by atoms with Gasteiger partial charge in [0.25, 0.3) is 5.91 Å². The predicted octanol–water partition coefficient (Wildman–Crippen LogP) is 0.358. The highest BCUT2D eigenvalue weighted by atomic mass is 16.2. The molecule has 0 aromatic heterocycles. The first-order valence-corrected chi connectivity index (χ1v) is 3.07. The van der Waals surface area contributed by atoms with Crippen molar-refractivity contribution in [3.05, 3.63) is 0 Å². The molecule has 0 atom stereocenters. The Morgan fingerprint density at radius 2 is 2.33 bits per heavy atom. The van der Waals surface area contributed by atoms with Crippen LogP contribution in [-0.4, -0.2) is 23.5 Å². The summed E-state index contributed by atoms with van der Waals surface area (Å²) in [5, 5.41) is 8.80. The molecule has 4 heteroatoms. The van der Waals surface area contributed by atoms with Gasteiger partial charge in [-0.05, 0) is 12.8 Å². The summed E-state index contributed by atoms with van der Waals surface area (Å²) in [5.74, 6) is 0.0532. The molecular formula is C5H7N3O. The van der Waals surface area contributed by atoms with E-state index in [1.165, 1.54) is 5.01 Å². The molecule has 0 radical (unpaired) electrons. The van der Waals surface area contributed by atoms with E-state index in [9.17, 15) is 4.79 Å². The molecular weight excluding hydrogens is 118 g/mol. The first-order chi connectivity index (χ1) is 4.38. The third-order valence-corrected chi connectivity index (χ3v) is 1.51. The SMILES string of the molecule is O=C1CN=NN1C1CC1. The lowest BCUT2D eigenvalue weighted by Crippen LogP contribution is -2.24. The van der Waals surface area contributed by atoms with Crippen molar-refractivity contribution >= 4 is 5.91 Å². The Balaban J connectivity index is 2.09. The van der Waals surface area contributed by atoms with E-state index in [0.717, 1.165) is 12.8 Å². The van der Waals surface area contributed by atoms with E-state index >= 15 is 0 Å². The van der Waals surface area contributed by atoms with E-state index in [1.54, 1.807) is 0 Å². The van der Waals surface area contributed by atoms with Gasteiger partial charge in [0.15, 0.2) is 0 Å². The van der Waals surface area contributed by atoms with Crippen molar-refractivity contribution in [1.29, 1.82) is 0 Å². The predicted molar refractivity (Wildman–Crippen MR) is 29.6 cm³/mol. The second-order valence-corrected chi connectivity index (χ2v) is 2.36. The van der Waals surface area contributed by atoms with Crippen LogP contribution in [0.4, 0.5) is 0 Å². The molecule has 1 aliphatic carbocycles. The van der Waals surface area contributed by atoms with Crippen molar-refractivity contribution in [3.63, 3.8) is 0 Å². The molecule has 1 fully saturated rings. The molecule has 4 nitrogen and oxygen atoms in total. The van der Waals surface area contributed by atoms with Crippen molar-refractivity contribution in [1.82, 2.24) is 5.01 Å². The fraction of sp³-hybridized carbons (Fsp3) is 0.800. The molecule has 0 aromatic rings. The van der Waals surface area contributed by atoms with Crippen LogP contribution < -0.4 is 0 Å². The normalized spacial score (nSPS) is 25.8. The topological polar surface area (TPSA) is 45.0 Å². The quantitative estimate of drug-likeness (QED) is 0.499. The summed E-state index contributed by atoms with van der Waals surface area (Å²) in [5.41, 5.74) is 0. The zero-order valence-corrected chi connectivity index (χ0v) is 4.95. The minimum absolute atomic E-state index is 0.0532. The minimum Gasteiger partial charge on any atom is -0.271 e. The molecule has 2 rings (SSSR count). The van der Waals surface area contributed by atoms with Gasteiger partial charge in [-0.1, -0.05) is 5.22 Å². The van der Waals surface area contributed by atoms with Gasteiger partial charge in [0.2, 0.25) is 0 Å². The van der Waals surface area contributed by atoms with Crippen LogP contribution in [0, 0.1) is 0 Å². The van der Waals surface area contributed by atoms with Crippen LogP contribution >= 0.6 is 0 Å². The van der Waals surface area contributed by atoms with Crippen LogP contribution in [0.2, 0.25) is 0 Å². The second kappa shape index (κ2) is 1.52. The van der Waals surface area contributed by atoms with Gasteiger partial charge >= 0.3 is 0 Å². The van der Waals surface area contributed by atoms with E-state index in [1.807, 2.05) is 0 Å². The summed E-state index contributed by atoms with van der Waals surface area (Å²) in [6.45, 7) is 0.260. The average molecular weight is 125 g/mol. The Bertz CT molecular complexity index is 173. The molecule has 1 amide bonds.